The Morgan fingerprint density at radius 3 is 2.94 bits per heavy atom. The molecular formula is C13H16N2O3. The van der Waals surface area contributed by atoms with Crippen molar-refractivity contribution in [2.24, 2.45) is 5.92 Å². The first-order valence-corrected chi connectivity index (χ1v) is 6.04. The van der Waals surface area contributed by atoms with Gasteiger partial charge in [0.25, 0.3) is 0 Å². The lowest BCUT2D eigenvalue weighted by Gasteiger charge is -2.15. The molecule has 0 radical (unpaired) electrons. The van der Waals surface area contributed by atoms with E-state index >= 15 is 0 Å². The first kappa shape index (κ1) is 12.5. The van der Waals surface area contributed by atoms with Gasteiger partial charge in [0.1, 0.15) is 0 Å². The molecule has 1 atom stereocenters. The van der Waals surface area contributed by atoms with E-state index in [1.165, 1.54) is 0 Å². The van der Waals surface area contributed by atoms with Crippen LogP contribution in [-0.2, 0) is 16.0 Å². The van der Waals surface area contributed by atoms with E-state index in [2.05, 4.69) is 4.98 Å². The Balaban J connectivity index is 1.86. The first-order chi connectivity index (χ1) is 8.65. The molecule has 18 heavy (non-hydrogen) atoms. The summed E-state index contributed by atoms with van der Waals surface area (Å²) < 4.78 is 0. The van der Waals surface area contributed by atoms with Crippen LogP contribution in [0, 0.1) is 5.92 Å². The molecule has 0 spiro atoms. The third kappa shape index (κ3) is 3.29. The van der Waals surface area contributed by atoms with E-state index in [1.54, 1.807) is 11.1 Å². The number of hydrogen-bond acceptors (Lipinski definition) is 3. The summed E-state index contributed by atoms with van der Waals surface area (Å²) in [4.78, 5) is 28.4. The smallest absolute Gasteiger partial charge is 0.303 e. The van der Waals surface area contributed by atoms with E-state index in [1.807, 2.05) is 18.2 Å². The quantitative estimate of drug-likeness (QED) is 0.861. The van der Waals surface area contributed by atoms with Gasteiger partial charge in [-0.3, -0.25) is 14.6 Å². The first-order valence-electron chi connectivity index (χ1n) is 6.04. The topological polar surface area (TPSA) is 70.5 Å². The van der Waals surface area contributed by atoms with Gasteiger partial charge in [-0.15, -0.1) is 0 Å². The van der Waals surface area contributed by atoms with Gasteiger partial charge in [-0.05, 0) is 24.5 Å². The predicted octanol–water partition coefficient (Wildman–Crippen LogP) is 0.947. The van der Waals surface area contributed by atoms with E-state index < -0.39 is 5.97 Å². The summed E-state index contributed by atoms with van der Waals surface area (Å²) in [6, 6.07) is 5.49. The van der Waals surface area contributed by atoms with Crippen LogP contribution in [0.4, 0.5) is 0 Å². The van der Waals surface area contributed by atoms with Crippen molar-refractivity contribution in [1.29, 1.82) is 0 Å². The molecule has 2 rings (SSSR count). The maximum absolute atomic E-state index is 12.0. The number of carboxylic acids is 1. The number of carbonyl (C=O) groups excluding carboxylic acids is 1. The fraction of sp³-hybridized carbons (Fsp3) is 0.462. The standard InChI is InChI=1S/C13H16N2O3/c16-12(8-11-3-1-2-5-14-11)15-6-4-10(9-15)7-13(17)18/h1-3,5,10H,4,6-9H2,(H,17,18). The van der Waals surface area contributed by atoms with Crippen LogP contribution in [0.2, 0.25) is 0 Å². The molecule has 1 aliphatic heterocycles. The van der Waals surface area contributed by atoms with Gasteiger partial charge in [0, 0.05) is 31.4 Å². The molecule has 0 aliphatic carbocycles. The van der Waals surface area contributed by atoms with Gasteiger partial charge in [0.15, 0.2) is 0 Å². The molecular weight excluding hydrogens is 232 g/mol. The lowest BCUT2D eigenvalue weighted by Crippen LogP contribution is -2.30. The van der Waals surface area contributed by atoms with Gasteiger partial charge in [-0.1, -0.05) is 6.07 Å². The largest absolute Gasteiger partial charge is 0.481 e. The summed E-state index contributed by atoms with van der Waals surface area (Å²) in [6.07, 6.45) is 2.88. The van der Waals surface area contributed by atoms with E-state index in [4.69, 9.17) is 5.11 Å². The van der Waals surface area contributed by atoms with Crippen LogP contribution in [0.5, 0.6) is 0 Å². The van der Waals surface area contributed by atoms with Crippen molar-refractivity contribution in [2.45, 2.75) is 19.3 Å². The minimum Gasteiger partial charge on any atom is -0.481 e. The van der Waals surface area contributed by atoms with Crippen LogP contribution in [0.3, 0.4) is 0 Å². The van der Waals surface area contributed by atoms with E-state index in [0.29, 0.717) is 19.5 Å². The van der Waals surface area contributed by atoms with Crippen molar-refractivity contribution in [3.63, 3.8) is 0 Å². The molecule has 0 saturated carbocycles. The molecule has 96 valence electrons. The molecule has 1 aromatic rings. The zero-order valence-electron chi connectivity index (χ0n) is 10.1. The Morgan fingerprint density at radius 1 is 1.44 bits per heavy atom. The molecule has 1 aromatic heterocycles. The van der Waals surface area contributed by atoms with E-state index in [9.17, 15) is 9.59 Å². The second-order valence-corrected chi connectivity index (χ2v) is 4.59. The lowest BCUT2D eigenvalue weighted by atomic mass is 10.1. The number of pyridine rings is 1. The summed E-state index contributed by atoms with van der Waals surface area (Å²) in [5, 5.41) is 8.72. The van der Waals surface area contributed by atoms with E-state index in [0.717, 1.165) is 12.1 Å². The second-order valence-electron chi connectivity index (χ2n) is 4.59. The fourth-order valence-corrected chi connectivity index (χ4v) is 2.24. The zero-order valence-corrected chi connectivity index (χ0v) is 10.1. The Bertz CT molecular complexity index is 433. The molecule has 1 fully saturated rings. The van der Waals surface area contributed by atoms with Crippen LogP contribution in [0.15, 0.2) is 24.4 Å². The Morgan fingerprint density at radius 2 is 2.28 bits per heavy atom. The lowest BCUT2D eigenvalue weighted by molar-refractivity contribution is -0.138. The highest BCUT2D eigenvalue weighted by molar-refractivity contribution is 5.78. The van der Waals surface area contributed by atoms with Crippen LogP contribution < -0.4 is 0 Å². The molecule has 0 aromatic carbocycles. The molecule has 5 heteroatoms. The van der Waals surface area contributed by atoms with Gasteiger partial charge in [-0.2, -0.15) is 0 Å². The van der Waals surface area contributed by atoms with E-state index in [-0.39, 0.29) is 18.2 Å². The van der Waals surface area contributed by atoms with Crippen molar-refractivity contribution in [1.82, 2.24) is 9.88 Å². The number of hydrogen-bond donors (Lipinski definition) is 1. The highest BCUT2D eigenvalue weighted by Crippen LogP contribution is 2.20. The average molecular weight is 248 g/mol. The highest BCUT2D eigenvalue weighted by atomic mass is 16.4. The molecule has 0 bridgehead atoms. The summed E-state index contributed by atoms with van der Waals surface area (Å²) in [6.45, 7) is 1.21. The summed E-state index contributed by atoms with van der Waals surface area (Å²) in [5.74, 6) is -0.671. The maximum Gasteiger partial charge on any atom is 0.303 e. The zero-order chi connectivity index (χ0) is 13.0. The van der Waals surface area contributed by atoms with Gasteiger partial charge >= 0.3 is 5.97 Å². The highest BCUT2D eigenvalue weighted by Gasteiger charge is 2.27. The summed E-state index contributed by atoms with van der Waals surface area (Å²) >= 11 is 0. The number of carbonyl (C=O) groups is 2. The molecule has 1 saturated heterocycles. The van der Waals surface area contributed by atoms with Crippen LogP contribution in [0.1, 0.15) is 18.5 Å². The van der Waals surface area contributed by atoms with Gasteiger partial charge in [-0.25, -0.2) is 0 Å². The third-order valence-corrected chi connectivity index (χ3v) is 3.16. The predicted molar refractivity (Wildman–Crippen MR) is 64.9 cm³/mol. The number of likely N-dealkylation sites (tertiary alicyclic amines) is 1. The number of nitrogens with zero attached hydrogens (tertiary/aromatic N) is 2. The Labute approximate surface area is 105 Å². The Kier molecular flexibility index (Phi) is 3.92. The molecule has 2 heterocycles. The minimum absolute atomic E-state index is 0.0292. The van der Waals surface area contributed by atoms with Crippen LogP contribution >= 0.6 is 0 Å². The van der Waals surface area contributed by atoms with Crippen molar-refractivity contribution >= 4 is 11.9 Å². The third-order valence-electron chi connectivity index (χ3n) is 3.16. The van der Waals surface area contributed by atoms with Crippen LogP contribution in [0.25, 0.3) is 0 Å². The number of amides is 1. The number of carboxylic acid groups (broad SMARTS) is 1. The average Bonchev–Trinajstić information content (AvgIpc) is 2.78. The number of aliphatic carboxylic acids is 1. The van der Waals surface area contributed by atoms with Gasteiger partial charge in [0.05, 0.1) is 6.42 Å². The van der Waals surface area contributed by atoms with Crippen molar-refractivity contribution in [3.05, 3.63) is 30.1 Å². The second kappa shape index (κ2) is 5.62. The van der Waals surface area contributed by atoms with Gasteiger partial charge < -0.3 is 10.0 Å². The summed E-state index contributed by atoms with van der Waals surface area (Å²) in [5.41, 5.74) is 0.754. The minimum atomic E-state index is -0.793. The fourth-order valence-electron chi connectivity index (χ4n) is 2.24. The van der Waals surface area contributed by atoms with Gasteiger partial charge in [0.2, 0.25) is 5.91 Å². The normalized spacial score (nSPS) is 18.9. The number of aromatic nitrogens is 1. The Hall–Kier alpha value is -1.91. The monoisotopic (exact) mass is 248 g/mol. The molecule has 5 nitrogen and oxygen atoms in total. The molecule has 1 unspecified atom stereocenters. The van der Waals surface area contributed by atoms with Crippen LogP contribution in [-0.4, -0.2) is 40.0 Å². The summed E-state index contributed by atoms with van der Waals surface area (Å²) in [7, 11) is 0. The molecule has 1 amide bonds. The molecule has 1 aliphatic rings. The van der Waals surface area contributed by atoms with Crippen molar-refractivity contribution in [3.8, 4) is 0 Å². The maximum atomic E-state index is 12.0. The van der Waals surface area contributed by atoms with Crippen molar-refractivity contribution in [2.75, 3.05) is 13.1 Å². The number of rotatable bonds is 4. The van der Waals surface area contributed by atoms with Crippen molar-refractivity contribution < 1.29 is 14.7 Å². The molecule has 1 N–H and O–H groups in total. The SMILES string of the molecule is O=C(O)CC1CCN(C(=O)Cc2ccccn2)C1.